The predicted molar refractivity (Wildman–Crippen MR) is 94.3 cm³/mol. The monoisotopic (exact) mass is 320 g/mol. The van der Waals surface area contributed by atoms with E-state index in [1.165, 1.54) is 18.3 Å². The smallest absolute Gasteiger partial charge is 0.184 e. The first-order valence-corrected chi connectivity index (χ1v) is 7.30. The van der Waals surface area contributed by atoms with Crippen molar-refractivity contribution >= 4 is 18.6 Å². The van der Waals surface area contributed by atoms with E-state index in [4.69, 9.17) is 5.41 Å². The Morgan fingerprint density at radius 3 is 1.83 bits per heavy atom. The highest BCUT2D eigenvalue weighted by molar-refractivity contribution is 5.79. The topological polar surface area (TPSA) is 36.2 Å². The lowest BCUT2D eigenvalue weighted by molar-refractivity contribution is 0.513. The number of hydrogen-bond acceptors (Lipinski definition) is 2. The maximum absolute atomic E-state index is 14.2. The quantitative estimate of drug-likeness (QED) is 0.605. The molecule has 0 saturated carbocycles. The minimum absolute atomic E-state index is 0.0980. The Morgan fingerprint density at radius 1 is 0.750 bits per heavy atom. The fourth-order valence-electron chi connectivity index (χ4n) is 2.50. The molecule has 3 aromatic rings. The first kappa shape index (κ1) is 15.7. The van der Waals surface area contributed by atoms with Gasteiger partial charge in [0.1, 0.15) is 5.69 Å². The van der Waals surface area contributed by atoms with E-state index >= 15 is 0 Å². The van der Waals surface area contributed by atoms with Crippen LogP contribution in [0.5, 0.6) is 0 Å². The summed E-state index contributed by atoms with van der Waals surface area (Å²) in [6, 6.07) is 17.6. The molecule has 4 heteroatoms. The molecule has 0 aromatic heterocycles. The van der Waals surface area contributed by atoms with Crippen LogP contribution in [0, 0.1) is 17.0 Å². The molecule has 0 aliphatic carbocycles. The maximum atomic E-state index is 14.2. The Balaban J connectivity index is 1.96. The fraction of sp³-hybridized carbons (Fsp3) is 0. The molecule has 2 nitrogen and oxygen atoms in total. The Bertz CT molecular complexity index is 898. The second kappa shape index (κ2) is 6.54. The number of nitrogens with zero attached hydrogens (tertiary/aromatic N) is 1. The van der Waals surface area contributed by atoms with E-state index in [1.54, 1.807) is 12.1 Å². The van der Waals surface area contributed by atoms with Crippen LogP contribution < -0.4 is 0 Å². The zero-order valence-corrected chi connectivity index (χ0v) is 12.8. The van der Waals surface area contributed by atoms with Gasteiger partial charge in [-0.25, -0.2) is 8.78 Å². The predicted octanol–water partition coefficient (Wildman–Crippen LogP) is 5.63. The van der Waals surface area contributed by atoms with Gasteiger partial charge in [-0.15, -0.1) is 0 Å². The van der Waals surface area contributed by atoms with Gasteiger partial charge in [0.2, 0.25) is 0 Å². The number of rotatable bonds is 4. The van der Waals surface area contributed by atoms with Crippen molar-refractivity contribution in [3.05, 3.63) is 77.9 Å². The molecule has 0 amide bonds. The van der Waals surface area contributed by atoms with Crippen LogP contribution in [0.4, 0.5) is 14.5 Å². The lowest BCUT2D eigenvalue weighted by Gasteiger charge is -2.08. The molecule has 3 aromatic carbocycles. The molecule has 0 saturated heterocycles. The summed E-state index contributed by atoms with van der Waals surface area (Å²) in [6.45, 7) is 3.22. The van der Waals surface area contributed by atoms with Crippen molar-refractivity contribution in [2.45, 2.75) is 0 Å². The first-order valence-electron chi connectivity index (χ1n) is 7.30. The zero-order chi connectivity index (χ0) is 17.1. The van der Waals surface area contributed by atoms with E-state index in [2.05, 4.69) is 11.7 Å². The lowest BCUT2D eigenvalue weighted by atomic mass is 9.99. The van der Waals surface area contributed by atoms with E-state index in [0.29, 0.717) is 5.56 Å². The molecule has 0 atom stereocenters. The van der Waals surface area contributed by atoms with Gasteiger partial charge in [0.25, 0.3) is 0 Å². The summed E-state index contributed by atoms with van der Waals surface area (Å²) in [5.74, 6) is -1.92. The lowest BCUT2D eigenvalue weighted by Crippen LogP contribution is -1.90. The number of benzene rings is 3. The zero-order valence-electron chi connectivity index (χ0n) is 12.8. The Hall–Kier alpha value is -3.14. The normalized spacial score (nSPS) is 10.4. The van der Waals surface area contributed by atoms with Crippen LogP contribution in [0.1, 0.15) is 5.56 Å². The summed E-state index contributed by atoms with van der Waals surface area (Å²) in [6.07, 6.45) is 1.28. The van der Waals surface area contributed by atoms with Gasteiger partial charge in [-0.1, -0.05) is 48.5 Å². The highest BCUT2D eigenvalue weighted by Crippen LogP contribution is 2.31. The number of nitrogens with one attached hydrogen (secondary N) is 1. The molecule has 0 radical (unpaired) electrons. The van der Waals surface area contributed by atoms with Crippen molar-refractivity contribution in [2.75, 3.05) is 0 Å². The summed E-state index contributed by atoms with van der Waals surface area (Å²) in [4.78, 5) is 3.45. The molecule has 0 aliphatic heterocycles. The van der Waals surface area contributed by atoms with Crippen LogP contribution in [0.25, 0.3) is 22.3 Å². The first-order chi connectivity index (χ1) is 11.6. The summed E-state index contributed by atoms with van der Waals surface area (Å²) in [5.41, 5.74) is 3.45. The van der Waals surface area contributed by atoms with Crippen molar-refractivity contribution in [3.63, 3.8) is 0 Å². The third-order valence-electron chi connectivity index (χ3n) is 3.84. The van der Waals surface area contributed by atoms with Crippen LogP contribution >= 0.6 is 0 Å². The standard InChI is InChI=1S/C20H14F2N2/c1-24-18-11-10-17(19(21)20(18)22)16-8-6-15(7-9-16)14-4-2-13(12-23)3-5-14/h2-12,23H,1H2. The highest BCUT2D eigenvalue weighted by Gasteiger charge is 2.14. The van der Waals surface area contributed by atoms with E-state index in [9.17, 15) is 8.78 Å². The molecule has 0 heterocycles. The molecular weight excluding hydrogens is 306 g/mol. The fourth-order valence-corrected chi connectivity index (χ4v) is 2.50. The Morgan fingerprint density at radius 2 is 1.29 bits per heavy atom. The summed E-state index contributed by atoms with van der Waals surface area (Å²) < 4.78 is 28.0. The highest BCUT2D eigenvalue weighted by atomic mass is 19.2. The Kier molecular flexibility index (Phi) is 4.29. The second-order valence-corrected chi connectivity index (χ2v) is 5.26. The molecule has 118 valence electrons. The molecule has 1 N–H and O–H groups in total. The van der Waals surface area contributed by atoms with E-state index in [-0.39, 0.29) is 11.3 Å². The van der Waals surface area contributed by atoms with Gasteiger partial charge in [-0.2, -0.15) is 0 Å². The second-order valence-electron chi connectivity index (χ2n) is 5.26. The molecular formula is C20H14F2N2. The van der Waals surface area contributed by atoms with Gasteiger partial charge in [-0.3, -0.25) is 4.99 Å². The van der Waals surface area contributed by atoms with Crippen molar-refractivity contribution in [1.82, 2.24) is 0 Å². The molecule has 0 spiro atoms. The van der Waals surface area contributed by atoms with Gasteiger partial charge in [0.05, 0.1) is 0 Å². The van der Waals surface area contributed by atoms with E-state index in [1.807, 2.05) is 36.4 Å². The van der Waals surface area contributed by atoms with Crippen LogP contribution in [-0.2, 0) is 0 Å². The van der Waals surface area contributed by atoms with Crippen molar-refractivity contribution in [3.8, 4) is 22.3 Å². The van der Waals surface area contributed by atoms with E-state index < -0.39 is 11.6 Å². The van der Waals surface area contributed by atoms with Gasteiger partial charge in [-0.05, 0) is 41.1 Å². The molecule has 0 bridgehead atoms. The van der Waals surface area contributed by atoms with Crippen LogP contribution in [0.3, 0.4) is 0 Å². The van der Waals surface area contributed by atoms with Crippen LogP contribution in [0.15, 0.2) is 65.7 Å². The van der Waals surface area contributed by atoms with Crippen molar-refractivity contribution < 1.29 is 8.78 Å². The minimum atomic E-state index is -0.992. The van der Waals surface area contributed by atoms with Gasteiger partial charge in [0.15, 0.2) is 11.6 Å². The third kappa shape index (κ3) is 2.86. The van der Waals surface area contributed by atoms with E-state index in [0.717, 1.165) is 16.7 Å². The summed E-state index contributed by atoms with van der Waals surface area (Å²) in [5, 5.41) is 7.21. The summed E-state index contributed by atoms with van der Waals surface area (Å²) in [7, 11) is 0. The van der Waals surface area contributed by atoms with Gasteiger partial charge < -0.3 is 5.41 Å². The SMILES string of the molecule is C=Nc1ccc(-c2ccc(-c3ccc(C=N)cc3)cc2)c(F)c1F. The molecule has 0 unspecified atom stereocenters. The third-order valence-corrected chi connectivity index (χ3v) is 3.84. The summed E-state index contributed by atoms with van der Waals surface area (Å²) >= 11 is 0. The van der Waals surface area contributed by atoms with Crippen molar-refractivity contribution in [2.24, 2.45) is 4.99 Å². The maximum Gasteiger partial charge on any atom is 0.184 e. The molecule has 0 aliphatic rings. The number of halogens is 2. The average molecular weight is 320 g/mol. The van der Waals surface area contributed by atoms with Crippen molar-refractivity contribution in [1.29, 1.82) is 5.41 Å². The van der Waals surface area contributed by atoms with Gasteiger partial charge >= 0.3 is 0 Å². The molecule has 3 rings (SSSR count). The molecule has 24 heavy (non-hydrogen) atoms. The van der Waals surface area contributed by atoms with Crippen LogP contribution in [0.2, 0.25) is 0 Å². The number of hydrogen-bond donors (Lipinski definition) is 1. The Labute approximate surface area is 138 Å². The number of aliphatic imine (C=N–C) groups is 1. The minimum Gasteiger partial charge on any atom is -0.308 e. The average Bonchev–Trinajstić information content (AvgIpc) is 2.64. The molecule has 0 fully saturated rings. The van der Waals surface area contributed by atoms with Crippen LogP contribution in [-0.4, -0.2) is 12.9 Å². The van der Waals surface area contributed by atoms with Gasteiger partial charge in [0, 0.05) is 11.8 Å². The largest absolute Gasteiger partial charge is 0.308 e.